The number of hydrogen-bond acceptors (Lipinski definition) is 5. The Kier molecular flexibility index (Phi) is 2.09. The molecule has 0 radical (unpaired) electrons. The average Bonchev–Trinajstić information content (AvgIpc) is 1.82. The van der Waals surface area contributed by atoms with E-state index < -0.39 is 4.92 Å². The molecule has 0 aliphatic heterocycles. The number of rotatable bonds is 1. The maximum atomic E-state index is 10.4. The van der Waals surface area contributed by atoms with Crippen LogP contribution in [0, 0.1) is 17.0 Å². The van der Waals surface area contributed by atoms with Gasteiger partial charge in [0.2, 0.25) is 11.1 Å². The van der Waals surface area contributed by atoms with Gasteiger partial charge in [-0.1, -0.05) is 11.6 Å². The maximum absolute atomic E-state index is 10.4. The van der Waals surface area contributed by atoms with E-state index in [2.05, 4.69) is 9.97 Å². The molecular formula is C5H5ClN4O2. The average molecular weight is 189 g/mol. The number of hydrogen-bond donors (Lipinski definition) is 1. The van der Waals surface area contributed by atoms with Crippen LogP contribution in [0.2, 0.25) is 5.15 Å². The lowest BCUT2D eigenvalue weighted by molar-refractivity contribution is -0.385. The molecule has 1 aromatic heterocycles. The number of nitrogen functional groups attached to an aromatic ring is 1. The molecule has 0 saturated carbocycles. The highest BCUT2D eigenvalue weighted by molar-refractivity contribution is 6.31. The van der Waals surface area contributed by atoms with Gasteiger partial charge in [0.1, 0.15) is 5.69 Å². The Balaban J connectivity index is 3.38. The first kappa shape index (κ1) is 8.66. The van der Waals surface area contributed by atoms with Crippen LogP contribution in [0.25, 0.3) is 0 Å². The van der Waals surface area contributed by atoms with E-state index in [0.29, 0.717) is 0 Å². The Morgan fingerprint density at radius 3 is 2.58 bits per heavy atom. The van der Waals surface area contributed by atoms with Crippen LogP contribution in [0.15, 0.2) is 0 Å². The number of aryl methyl sites for hydroxylation is 1. The number of aromatic nitrogens is 2. The molecule has 1 rings (SSSR count). The van der Waals surface area contributed by atoms with Crippen molar-refractivity contribution in [3.05, 3.63) is 21.0 Å². The van der Waals surface area contributed by atoms with Gasteiger partial charge in [0, 0.05) is 0 Å². The number of halogens is 1. The SMILES string of the molecule is Cc1nc(N)nc(Cl)c1[N+](=O)[O-]. The highest BCUT2D eigenvalue weighted by Gasteiger charge is 2.19. The van der Waals surface area contributed by atoms with Crippen LogP contribution in [0.5, 0.6) is 0 Å². The number of nitrogens with zero attached hydrogens (tertiary/aromatic N) is 3. The molecule has 0 bridgehead atoms. The van der Waals surface area contributed by atoms with Gasteiger partial charge in [0.15, 0.2) is 0 Å². The molecule has 7 heteroatoms. The van der Waals surface area contributed by atoms with Gasteiger partial charge in [-0.25, -0.2) is 4.98 Å². The molecular weight excluding hydrogens is 184 g/mol. The molecule has 0 aromatic carbocycles. The predicted molar refractivity (Wildman–Crippen MR) is 42.8 cm³/mol. The van der Waals surface area contributed by atoms with Crippen LogP contribution in [0.1, 0.15) is 5.69 Å². The van der Waals surface area contributed by atoms with Crippen molar-refractivity contribution in [2.75, 3.05) is 5.73 Å². The molecule has 1 heterocycles. The van der Waals surface area contributed by atoms with Crippen molar-refractivity contribution in [3.63, 3.8) is 0 Å². The second-order valence-electron chi connectivity index (χ2n) is 2.06. The van der Waals surface area contributed by atoms with Gasteiger partial charge in [-0.05, 0) is 6.92 Å². The van der Waals surface area contributed by atoms with Gasteiger partial charge >= 0.3 is 5.69 Å². The van der Waals surface area contributed by atoms with Crippen LogP contribution in [-0.4, -0.2) is 14.9 Å². The minimum atomic E-state index is -0.642. The lowest BCUT2D eigenvalue weighted by atomic mass is 10.4. The predicted octanol–water partition coefficient (Wildman–Crippen LogP) is 0.929. The summed E-state index contributed by atoms with van der Waals surface area (Å²) in [5.74, 6) is -0.0666. The fourth-order valence-electron chi connectivity index (χ4n) is 0.760. The molecule has 64 valence electrons. The number of nitro groups is 1. The Hall–Kier alpha value is -1.43. The molecule has 0 aliphatic carbocycles. The van der Waals surface area contributed by atoms with Crippen LogP contribution >= 0.6 is 11.6 Å². The summed E-state index contributed by atoms with van der Waals surface area (Å²) in [5, 5.41) is 10.1. The van der Waals surface area contributed by atoms with Crippen molar-refractivity contribution in [2.24, 2.45) is 0 Å². The van der Waals surface area contributed by atoms with E-state index in [-0.39, 0.29) is 22.5 Å². The molecule has 6 nitrogen and oxygen atoms in total. The van der Waals surface area contributed by atoms with E-state index >= 15 is 0 Å². The Bertz CT molecular complexity index is 317. The highest BCUT2D eigenvalue weighted by Crippen LogP contribution is 2.24. The van der Waals surface area contributed by atoms with Gasteiger partial charge in [0.25, 0.3) is 0 Å². The zero-order valence-corrected chi connectivity index (χ0v) is 6.87. The normalized spacial score (nSPS) is 9.83. The van der Waals surface area contributed by atoms with E-state index in [4.69, 9.17) is 17.3 Å². The summed E-state index contributed by atoms with van der Waals surface area (Å²) >= 11 is 5.46. The Morgan fingerprint density at radius 2 is 2.17 bits per heavy atom. The third-order valence-corrected chi connectivity index (χ3v) is 1.48. The molecule has 0 saturated heterocycles. The summed E-state index contributed by atoms with van der Waals surface area (Å²) in [4.78, 5) is 16.8. The lowest BCUT2D eigenvalue weighted by Crippen LogP contribution is -2.02. The molecule has 0 unspecified atom stereocenters. The van der Waals surface area contributed by atoms with Gasteiger partial charge < -0.3 is 5.73 Å². The van der Waals surface area contributed by atoms with E-state index in [1.807, 2.05) is 0 Å². The Morgan fingerprint density at radius 1 is 1.58 bits per heavy atom. The summed E-state index contributed by atoms with van der Waals surface area (Å²) in [5.41, 5.74) is 5.06. The minimum absolute atomic E-state index is 0.0666. The third kappa shape index (κ3) is 1.42. The monoisotopic (exact) mass is 188 g/mol. The first-order valence-corrected chi connectivity index (χ1v) is 3.34. The minimum Gasteiger partial charge on any atom is -0.368 e. The van der Waals surface area contributed by atoms with E-state index in [1.54, 1.807) is 0 Å². The number of anilines is 1. The number of nitrogens with two attached hydrogens (primary N) is 1. The van der Waals surface area contributed by atoms with Gasteiger partial charge in [0.05, 0.1) is 4.92 Å². The summed E-state index contributed by atoms with van der Waals surface area (Å²) < 4.78 is 0. The molecule has 0 aliphatic rings. The van der Waals surface area contributed by atoms with Crippen molar-refractivity contribution >= 4 is 23.2 Å². The smallest absolute Gasteiger partial charge is 0.327 e. The van der Waals surface area contributed by atoms with Gasteiger partial charge in [-0.15, -0.1) is 0 Å². The first-order valence-electron chi connectivity index (χ1n) is 2.96. The Labute approximate surface area is 72.5 Å². The largest absolute Gasteiger partial charge is 0.368 e. The summed E-state index contributed by atoms with van der Waals surface area (Å²) in [6, 6.07) is 0. The molecule has 0 amide bonds. The first-order chi connectivity index (χ1) is 5.52. The van der Waals surface area contributed by atoms with Gasteiger partial charge in [-0.3, -0.25) is 10.1 Å². The zero-order chi connectivity index (χ0) is 9.30. The fourth-order valence-corrected chi connectivity index (χ4v) is 1.05. The van der Waals surface area contributed by atoms with Crippen molar-refractivity contribution in [1.82, 2.24) is 9.97 Å². The quantitative estimate of drug-likeness (QED) is 0.402. The van der Waals surface area contributed by atoms with Gasteiger partial charge in [-0.2, -0.15) is 4.98 Å². The standard InChI is InChI=1S/C5H5ClN4O2/c1-2-3(10(11)12)4(6)9-5(7)8-2/h1H3,(H2,7,8,9). The topological polar surface area (TPSA) is 94.9 Å². The van der Waals surface area contributed by atoms with Crippen LogP contribution in [0.3, 0.4) is 0 Å². The van der Waals surface area contributed by atoms with Crippen LogP contribution in [0.4, 0.5) is 11.6 Å². The van der Waals surface area contributed by atoms with E-state index in [0.717, 1.165) is 0 Å². The van der Waals surface area contributed by atoms with Crippen molar-refractivity contribution < 1.29 is 4.92 Å². The summed E-state index contributed by atoms with van der Waals surface area (Å²) in [6.45, 7) is 1.45. The maximum Gasteiger partial charge on any atom is 0.327 e. The van der Waals surface area contributed by atoms with Crippen LogP contribution < -0.4 is 5.73 Å². The second kappa shape index (κ2) is 2.90. The van der Waals surface area contributed by atoms with Crippen molar-refractivity contribution in [1.29, 1.82) is 0 Å². The third-order valence-electron chi connectivity index (χ3n) is 1.22. The van der Waals surface area contributed by atoms with E-state index in [9.17, 15) is 10.1 Å². The highest BCUT2D eigenvalue weighted by atomic mass is 35.5. The summed E-state index contributed by atoms with van der Waals surface area (Å²) in [6.07, 6.45) is 0. The fraction of sp³-hybridized carbons (Fsp3) is 0.200. The van der Waals surface area contributed by atoms with Crippen LogP contribution in [-0.2, 0) is 0 Å². The van der Waals surface area contributed by atoms with E-state index in [1.165, 1.54) is 6.92 Å². The molecule has 12 heavy (non-hydrogen) atoms. The lowest BCUT2D eigenvalue weighted by Gasteiger charge is -1.98. The zero-order valence-electron chi connectivity index (χ0n) is 6.11. The summed E-state index contributed by atoms with van der Waals surface area (Å²) in [7, 11) is 0. The molecule has 1 aromatic rings. The molecule has 0 spiro atoms. The molecule has 0 atom stereocenters. The second-order valence-corrected chi connectivity index (χ2v) is 2.42. The molecule has 0 fully saturated rings. The molecule has 2 N–H and O–H groups in total. The van der Waals surface area contributed by atoms with Crippen molar-refractivity contribution in [3.8, 4) is 0 Å². The van der Waals surface area contributed by atoms with Crippen molar-refractivity contribution in [2.45, 2.75) is 6.92 Å².